The Morgan fingerprint density at radius 3 is 1.00 bits per heavy atom. The molecular formula is C12H26S2. The van der Waals surface area contributed by atoms with Gasteiger partial charge in [0.25, 0.3) is 0 Å². The van der Waals surface area contributed by atoms with Crippen molar-refractivity contribution in [2.75, 3.05) is 0 Å². The molecule has 2 heteroatoms. The average Bonchev–Trinajstić information content (AvgIpc) is 2.25. The molecule has 0 rings (SSSR count). The summed E-state index contributed by atoms with van der Waals surface area (Å²) < 4.78 is 0.937. The van der Waals surface area contributed by atoms with E-state index in [2.05, 4.69) is 63.1 Å². The average molecular weight is 234 g/mol. The molecule has 0 fully saturated rings. The van der Waals surface area contributed by atoms with E-state index >= 15 is 0 Å². The molecule has 0 atom stereocenters. The second kappa shape index (κ2) is 6.32. The smallest absolute Gasteiger partial charge is 0.0230 e. The summed E-state index contributed by atoms with van der Waals surface area (Å²) in [5.41, 5.74) is 0. The van der Waals surface area contributed by atoms with E-state index in [9.17, 15) is 0 Å². The van der Waals surface area contributed by atoms with Crippen molar-refractivity contribution in [2.45, 2.75) is 76.7 Å². The van der Waals surface area contributed by atoms with Crippen LogP contribution in [0.2, 0.25) is 0 Å². The molecule has 0 amide bonds. The summed E-state index contributed by atoms with van der Waals surface area (Å²) in [6.07, 6.45) is 5.07. The molecule has 0 nitrogen and oxygen atoms in total. The summed E-state index contributed by atoms with van der Waals surface area (Å²) in [4.78, 5) is 0. The van der Waals surface area contributed by atoms with Crippen molar-refractivity contribution >= 4 is 21.6 Å². The first-order valence-electron chi connectivity index (χ1n) is 5.82. The molecule has 0 aromatic rings. The third-order valence-corrected chi connectivity index (χ3v) is 8.14. The fraction of sp³-hybridized carbons (Fsp3) is 1.00. The molecule has 0 aromatic heterocycles. The summed E-state index contributed by atoms with van der Waals surface area (Å²) in [5, 5.41) is 0. The Kier molecular flexibility index (Phi) is 6.63. The number of hydrogen-bond acceptors (Lipinski definition) is 2. The second-order valence-electron chi connectivity index (χ2n) is 4.48. The first kappa shape index (κ1) is 14.7. The van der Waals surface area contributed by atoms with E-state index in [1.165, 1.54) is 25.7 Å². The Bertz CT molecular complexity index is 128. The molecular weight excluding hydrogens is 208 g/mol. The van der Waals surface area contributed by atoms with Gasteiger partial charge in [0.2, 0.25) is 0 Å². The van der Waals surface area contributed by atoms with Crippen LogP contribution in [0, 0.1) is 0 Å². The fourth-order valence-electron chi connectivity index (χ4n) is 0.937. The highest BCUT2D eigenvalue weighted by Gasteiger charge is 2.27. The predicted molar refractivity (Wildman–Crippen MR) is 73.2 cm³/mol. The van der Waals surface area contributed by atoms with Crippen LogP contribution in [0.1, 0.15) is 67.2 Å². The highest BCUT2D eigenvalue weighted by atomic mass is 33.1. The Morgan fingerprint density at radius 2 is 0.857 bits per heavy atom. The Hall–Kier alpha value is 0.700. The summed E-state index contributed by atoms with van der Waals surface area (Å²) in [6.45, 7) is 14.0. The lowest BCUT2D eigenvalue weighted by Gasteiger charge is -2.32. The zero-order valence-corrected chi connectivity index (χ0v) is 12.3. The van der Waals surface area contributed by atoms with Gasteiger partial charge in [-0.2, -0.15) is 0 Å². The first-order valence-corrected chi connectivity index (χ1v) is 7.97. The Balaban J connectivity index is 4.14. The van der Waals surface area contributed by atoms with Crippen LogP contribution in [0.5, 0.6) is 0 Å². The highest BCUT2D eigenvalue weighted by molar-refractivity contribution is 8.77. The van der Waals surface area contributed by atoms with E-state index in [1.807, 2.05) is 0 Å². The van der Waals surface area contributed by atoms with Gasteiger partial charge in [-0.1, -0.05) is 49.3 Å². The van der Waals surface area contributed by atoms with Crippen LogP contribution in [0.25, 0.3) is 0 Å². The molecule has 0 aliphatic rings. The van der Waals surface area contributed by atoms with Gasteiger partial charge in [0.1, 0.15) is 0 Å². The molecule has 0 saturated heterocycles. The summed E-state index contributed by atoms with van der Waals surface area (Å²) in [5.74, 6) is 0. The number of rotatable bonds is 7. The third-order valence-electron chi connectivity index (χ3n) is 3.44. The SMILES string of the molecule is CCC(C)(CC)SSC(C)(CC)CC. The van der Waals surface area contributed by atoms with E-state index < -0.39 is 0 Å². The van der Waals surface area contributed by atoms with Crippen molar-refractivity contribution in [3.63, 3.8) is 0 Å². The molecule has 0 saturated carbocycles. The van der Waals surface area contributed by atoms with Crippen LogP contribution in [-0.4, -0.2) is 9.49 Å². The summed E-state index contributed by atoms with van der Waals surface area (Å²) >= 11 is 0. The van der Waals surface area contributed by atoms with Gasteiger partial charge in [0.15, 0.2) is 0 Å². The molecule has 0 spiro atoms. The van der Waals surface area contributed by atoms with E-state index in [4.69, 9.17) is 0 Å². The standard InChI is InChI=1S/C12H26S2/c1-7-11(5,8-2)13-14-12(6,9-3)10-4/h7-10H2,1-6H3. The minimum atomic E-state index is 0.469. The Morgan fingerprint density at radius 1 is 0.643 bits per heavy atom. The van der Waals surface area contributed by atoms with E-state index in [1.54, 1.807) is 0 Å². The zero-order chi connectivity index (χ0) is 11.2. The van der Waals surface area contributed by atoms with Crippen molar-refractivity contribution in [2.24, 2.45) is 0 Å². The molecule has 14 heavy (non-hydrogen) atoms. The topological polar surface area (TPSA) is 0 Å². The number of hydrogen-bond donors (Lipinski definition) is 0. The molecule has 0 unspecified atom stereocenters. The lowest BCUT2D eigenvalue weighted by atomic mass is 10.1. The lowest BCUT2D eigenvalue weighted by Crippen LogP contribution is -2.21. The van der Waals surface area contributed by atoms with Gasteiger partial charge in [-0.3, -0.25) is 0 Å². The summed E-state index contributed by atoms with van der Waals surface area (Å²) in [6, 6.07) is 0. The van der Waals surface area contributed by atoms with Gasteiger partial charge < -0.3 is 0 Å². The van der Waals surface area contributed by atoms with Crippen molar-refractivity contribution in [3.8, 4) is 0 Å². The maximum atomic E-state index is 2.39. The van der Waals surface area contributed by atoms with Gasteiger partial charge in [-0.05, 0) is 39.5 Å². The van der Waals surface area contributed by atoms with Gasteiger partial charge in [0, 0.05) is 9.49 Å². The van der Waals surface area contributed by atoms with Crippen LogP contribution in [0.4, 0.5) is 0 Å². The molecule has 0 aliphatic heterocycles. The molecule has 0 aliphatic carbocycles. The molecule has 0 radical (unpaired) electrons. The minimum Gasteiger partial charge on any atom is -0.0871 e. The van der Waals surface area contributed by atoms with Gasteiger partial charge in [-0.15, -0.1) is 0 Å². The largest absolute Gasteiger partial charge is 0.0871 e. The first-order chi connectivity index (χ1) is 6.45. The third kappa shape index (κ3) is 4.48. The van der Waals surface area contributed by atoms with Crippen molar-refractivity contribution < 1.29 is 0 Å². The van der Waals surface area contributed by atoms with Crippen molar-refractivity contribution in [1.82, 2.24) is 0 Å². The van der Waals surface area contributed by atoms with Crippen LogP contribution in [-0.2, 0) is 0 Å². The van der Waals surface area contributed by atoms with Gasteiger partial charge >= 0.3 is 0 Å². The normalized spacial score (nSPS) is 13.3. The fourth-order valence-corrected chi connectivity index (χ4v) is 4.43. The molecule has 0 heterocycles. The predicted octanol–water partition coefficient (Wildman–Crippen LogP) is 5.53. The minimum absolute atomic E-state index is 0.469. The quantitative estimate of drug-likeness (QED) is 0.532. The molecule has 0 aromatic carbocycles. The maximum absolute atomic E-state index is 2.39. The van der Waals surface area contributed by atoms with Crippen LogP contribution in [0.3, 0.4) is 0 Å². The monoisotopic (exact) mass is 234 g/mol. The van der Waals surface area contributed by atoms with Crippen LogP contribution < -0.4 is 0 Å². The van der Waals surface area contributed by atoms with Crippen molar-refractivity contribution in [1.29, 1.82) is 0 Å². The Labute approximate surface area is 98.4 Å². The highest BCUT2D eigenvalue weighted by Crippen LogP contribution is 2.49. The van der Waals surface area contributed by atoms with E-state index in [0.717, 1.165) is 0 Å². The molecule has 0 bridgehead atoms. The molecule has 0 N–H and O–H groups in total. The molecule has 86 valence electrons. The second-order valence-corrected chi connectivity index (χ2v) is 7.79. The zero-order valence-electron chi connectivity index (χ0n) is 10.6. The van der Waals surface area contributed by atoms with Gasteiger partial charge in [0.05, 0.1) is 0 Å². The van der Waals surface area contributed by atoms with E-state index in [0.29, 0.717) is 9.49 Å². The van der Waals surface area contributed by atoms with E-state index in [-0.39, 0.29) is 0 Å². The lowest BCUT2D eigenvalue weighted by molar-refractivity contribution is 0.596. The summed E-state index contributed by atoms with van der Waals surface area (Å²) in [7, 11) is 4.19. The van der Waals surface area contributed by atoms with Crippen LogP contribution in [0.15, 0.2) is 0 Å². The van der Waals surface area contributed by atoms with Crippen molar-refractivity contribution in [3.05, 3.63) is 0 Å². The van der Waals surface area contributed by atoms with Crippen LogP contribution >= 0.6 is 21.6 Å². The maximum Gasteiger partial charge on any atom is 0.0230 e. The van der Waals surface area contributed by atoms with Gasteiger partial charge in [-0.25, -0.2) is 0 Å².